The molecular formula is C32H30ClF3N4O4. The van der Waals surface area contributed by atoms with Gasteiger partial charge in [-0.3, -0.25) is 4.90 Å². The van der Waals surface area contributed by atoms with Gasteiger partial charge in [0.05, 0.1) is 30.7 Å². The first kappa shape index (κ1) is 29.1. The molecule has 0 aliphatic carbocycles. The number of likely N-dealkylation sites (tertiary alicyclic amines) is 1. The molecule has 2 saturated heterocycles. The van der Waals surface area contributed by atoms with Gasteiger partial charge >= 0.3 is 5.97 Å². The summed E-state index contributed by atoms with van der Waals surface area (Å²) >= 11 is 5.88. The minimum absolute atomic E-state index is 0.0190. The lowest BCUT2D eigenvalue weighted by Crippen LogP contribution is -2.38. The average Bonchev–Trinajstić information content (AvgIpc) is 3.31. The summed E-state index contributed by atoms with van der Waals surface area (Å²) < 4.78 is 60.6. The van der Waals surface area contributed by atoms with Crippen molar-refractivity contribution in [2.24, 2.45) is 0 Å². The second-order valence-electron chi connectivity index (χ2n) is 11.7. The number of ether oxygens (including phenoxy) is 2. The van der Waals surface area contributed by atoms with Crippen LogP contribution in [0, 0.1) is 5.82 Å². The second kappa shape index (κ2) is 11.4. The molecule has 0 saturated carbocycles. The van der Waals surface area contributed by atoms with Gasteiger partial charge in [0.25, 0.3) is 5.92 Å². The van der Waals surface area contributed by atoms with Gasteiger partial charge in [-0.15, -0.1) is 0 Å². The first-order chi connectivity index (χ1) is 21.2. The summed E-state index contributed by atoms with van der Waals surface area (Å²) in [5.41, 5.74) is 1.33. The van der Waals surface area contributed by atoms with Crippen molar-refractivity contribution in [2.45, 2.75) is 56.2 Å². The van der Waals surface area contributed by atoms with Crippen LogP contribution in [0.3, 0.4) is 0 Å². The Morgan fingerprint density at radius 3 is 2.57 bits per heavy atom. The number of aromatic nitrogens is 3. The Kier molecular flexibility index (Phi) is 7.50. The molecule has 8 nitrogen and oxygen atoms in total. The van der Waals surface area contributed by atoms with Crippen LogP contribution in [0.5, 0.6) is 5.75 Å². The van der Waals surface area contributed by atoms with E-state index in [9.17, 15) is 14.3 Å². The summed E-state index contributed by atoms with van der Waals surface area (Å²) in [5, 5.41) is 9.61. The molecule has 4 aromatic rings. The van der Waals surface area contributed by atoms with Crippen molar-refractivity contribution >= 4 is 28.7 Å². The van der Waals surface area contributed by atoms with E-state index in [4.69, 9.17) is 26.1 Å². The summed E-state index contributed by atoms with van der Waals surface area (Å²) in [4.78, 5) is 22.9. The van der Waals surface area contributed by atoms with Gasteiger partial charge in [0.1, 0.15) is 29.5 Å². The summed E-state index contributed by atoms with van der Waals surface area (Å²) in [7, 11) is 0. The summed E-state index contributed by atoms with van der Waals surface area (Å²) in [6.07, 6.45) is 2.20. The van der Waals surface area contributed by atoms with E-state index in [1.807, 2.05) is 4.57 Å². The lowest BCUT2D eigenvalue weighted by atomic mass is 9.79. The molecule has 3 aliphatic rings. The maximum Gasteiger partial charge on any atom is 0.354 e. The standard InChI is InChI=1S/C32H30ClF3N4O4/c33-19-4-5-22(24(34)14-19)23-17-44-27-3-1-2-21(29(27)32(23,35)36)18-8-11-39(12-9-18)16-28-37-25-6-7-26(31(41)42)38-30(25)40(28)15-20-10-13-43-20/h1-7,14,18,20,23H,8-13,15-17H2,(H,41,42)/t20-,23?/m0/s1. The van der Waals surface area contributed by atoms with Crippen molar-refractivity contribution in [1.29, 1.82) is 0 Å². The molecule has 2 aromatic carbocycles. The molecule has 0 amide bonds. The fraction of sp³-hybridized carbons (Fsp3) is 0.406. The zero-order chi connectivity index (χ0) is 30.6. The molecule has 230 valence electrons. The van der Waals surface area contributed by atoms with Gasteiger partial charge < -0.3 is 19.1 Å². The van der Waals surface area contributed by atoms with E-state index in [-0.39, 0.29) is 46.2 Å². The van der Waals surface area contributed by atoms with Gasteiger partial charge in [-0.2, -0.15) is 0 Å². The SMILES string of the molecule is O=C(O)c1ccc2nc(CN3CCC(c4cccc5c4C(F)(F)C(c4ccc(Cl)cc4F)CO5)CC3)n(C[C@@H]3CCO3)c2n1. The van der Waals surface area contributed by atoms with Crippen LogP contribution in [0.15, 0.2) is 48.5 Å². The molecular weight excluding hydrogens is 597 g/mol. The second-order valence-corrected chi connectivity index (χ2v) is 12.1. The minimum atomic E-state index is -3.34. The third-order valence-electron chi connectivity index (χ3n) is 9.04. The third kappa shape index (κ3) is 5.20. The molecule has 0 radical (unpaired) electrons. The highest BCUT2D eigenvalue weighted by Crippen LogP contribution is 2.53. The minimum Gasteiger partial charge on any atom is -0.492 e. The van der Waals surface area contributed by atoms with Gasteiger partial charge in [0.15, 0.2) is 11.3 Å². The molecule has 2 aromatic heterocycles. The maximum atomic E-state index is 16.2. The summed E-state index contributed by atoms with van der Waals surface area (Å²) in [5.74, 6) is -5.93. The van der Waals surface area contributed by atoms with E-state index >= 15 is 8.78 Å². The lowest BCUT2D eigenvalue weighted by Gasteiger charge is -2.38. The molecule has 2 fully saturated rings. The number of nitrogens with zero attached hydrogens (tertiary/aromatic N) is 4. The van der Waals surface area contributed by atoms with Crippen molar-refractivity contribution < 1.29 is 32.5 Å². The van der Waals surface area contributed by atoms with E-state index in [0.29, 0.717) is 62.4 Å². The normalized spacial score (nSPS) is 21.9. The van der Waals surface area contributed by atoms with E-state index in [0.717, 1.165) is 18.3 Å². The van der Waals surface area contributed by atoms with Crippen LogP contribution >= 0.6 is 11.6 Å². The molecule has 3 aliphatic heterocycles. The van der Waals surface area contributed by atoms with Crippen LogP contribution in [-0.4, -0.2) is 62.9 Å². The molecule has 0 spiro atoms. The number of benzene rings is 2. The number of alkyl halides is 2. The lowest BCUT2D eigenvalue weighted by molar-refractivity contribution is -0.0652. The van der Waals surface area contributed by atoms with Crippen molar-refractivity contribution in [3.05, 3.63) is 87.6 Å². The molecule has 7 rings (SSSR count). The van der Waals surface area contributed by atoms with Crippen molar-refractivity contribution in [1.82, 2.24) is 19.4 Å². The Balaban J connectivity index is 1.11. The predicted octanol–water partition coefficient (Wildman–Crippen LogP) is 6.36. The fourth-order valence-corrected chi connectivity index (χ4v) is 6.76. The summed E-state index contributed by atoms with van der Waals surface area (Å²) in [6, 6.07) is 11.9. The number of fused-ring (bicyclic) bond motifs is 2. The number of carbonyl (C=O) groups is 1. The van der Waals surface area contributed by atoms with E-state index < -0.39 is 23.6 Å². The molecule has 44 heavy (non-hydrogen) atoms. The quantitative estimate of drug-likeness (QED) is 0.255. The van der Waals surface area contributed by atoms with Gasteiger partial charge in [-0.1, -0.05) is 29.8 Å². The number of carboxylic acid groups (broad SMARTS) is 1. The molecule has 2 atom stereocenters. The number of aromatic carboxylic acids is 1. The van der Waals surface area contributed by atoms with Crippen molar-refractivity contribution in [3.8, 4) is 5.75 Å². The zero-order valence-electron chi connectivity index (χ0n) is 23.7. The first-order valence-electron chi connectivity index (χ1n) is 14.7. The molecule has 5 heterocycles. The molecule has 1 unspecified atom stereocenters. The van der Waals surface area contributed by atoms with Crippen LogP contribution in [0.1, 0.15) is 64.1 Å². The number of piperidine rings is 1. The van der Waals surface area contributed by atoms with Gasteiger partial charge in [-0.25, -0.2) is 27.9 Å². The Bertz CT molecular complexity index is 1740. The maximum absolute atomic E-state index is 16.2. The highest BCUT2D eigenvalue weighted by atomic mass is 35.5. The smallest absolute Gasteiger partial charge is 0.354 e. The third-order valence-corrected chi connectivity index (χ3v) is 9.27. The Labute approximate surface area is 256 Å². The predicted molar refractivity (Wildman–Crippen MR) is 156 cm³/mol. The average molecular weight is 627 g/mol. The van der Waals surface area contributed by atoms with E-state index in [2.05, 4.69) is 9.88 Å². The highest BCUT2D eigenvalue weighted by Gasteiger charge is 2.51. The molecule has 1 N–H and O–H groups in total. The van der Waals surface area contributed by atoms with Crippen LogP contribution in [0.4, 0.5) is 13.2 Å². The van der Waals surface area contributed by atoms with E-state index in [1.165, 1.54) is 18.2 Å². The number of pyridine rings is 1. The number of carboxylic acids is 1. The fourth-order valence-electron chi connectivity index (χ4n) is 6.60. The van der Waals surface area contributed by atoms with Gasteiger partial charge in [0, 0.05) is 17.2 Å². The highest BCUT2D eigenvalue weighted by molar-refractivity contribution is 6.30. The Morgan fingerprint density at radius 2 is 1.86 bits per heavy atom. The number of hydrogen-bond donors (Lipinski definition) is 1. The largest absolute Gasteiger partial charge is 0.492 e. The van der Waals surface area contributed by atoms with Crippen LogP contribution < -0.4 is 4.74 Å². The van der Waals surface area contributed by atoms with Gasteiger partial charge in [0.2, 0.25) is 0 Å². The number of halogens is 4. The van der Waals surface area contributed by atoms with Crippen LogP contribution in [0.2, 0.25) is 5.02 Å². The summed E-state index contributed by atoms with van der Waals surface area (Å²) in [6.45, 7) is 2.67. The van der Waals surface area contributed by atoms with Crippen LogP contribution in [-0.2, 0) is 23.7 Å². The number of imidazole rings is 1. The number of rotatable bonds is 7. The molecule has 12 heteroatoms. The monoisotopic (exact) mass is 626 g/mol. The van der Waals surface area contributed by atoms with Crippen LogP contribution in [0.25, 0.3) is 11.2 Å². The number of hydrogen-bond acceptors (Lipinski definition) is 6. The van der Waals surface area contributed by atoms with Gasteiger partial charge in [-0.05, 0) is 74.2 Å². The Morgan fingerprint density at radius 1 is 1.07 bits per heavy atom. The topological polar surface area (TPSA) is 89.7 Å². The van der Waals surface area contributed by atoms with Crippen molar-refractivity contribution in [3.63, 3.8) is 0 Å². The molecule has 0 bridgehead atoms. The van der Waals surface area contributed by atoms with Crippen molar-refractivity contribution in [2.75, 3.05) is 26.3 Å². The first-order valence-corrected chi connectivity index (χ1v) is 15.1. The Hall–Kier alpha value is -3.67. The van der Waals surface area contributed by atoms with E-state index in [1.54, 1.807) is 24.3 Å². The zero-order valence-corrected chi connectivity index (χ0v) is 24.4.